The molecular weight excluding hydrogens is 288 g/mol. The van der Waals surface area contributed by atoms with Gasteiger partial charge in [0.2, 0.25) is 5.95 Å². The first-order chi connectivity index (χ1) is 9.06. The van der Waals surface area contributed by atoms with E-state index in [1.807, 2.05) is 0 Å². The Morgan fingerprint density at radius 3 is 2.53 bits per heavy atom. The molecule has 0 radical (unpaired) electrons. The summed E-state index contributed by atoms with van der Waals surface area (Å²) >= 11 is 11.8. The third kappa shape index (κ3) is 2.03. The van der Waals surface area contributed by atoms with Crippen molar-refractivity contribution in [1.29, 1.82) is 0 Å². The summed E-state index contributed by atoms with van der Waals surface area (Å²) in [7, 11) is 0. The van der Waals surface area contributed by atoms with Gasteiger partial charge in [-0.05, 0) is 36.4 Å². The van der Waals surface area contributed by atoms with Gasteiger partial charge in [0, 0.05) is 10.0 Å². The van der Waals surface area contributed by atoms with Crippen LogP contribution in [0.25, 0.3) is 16.7 Å². The van der Waals surface area contributed by atoms with E-state index in [0.717, 1.165) is 0 Å². The van der Waals surface area contributed by atoms with Crippen molar-refractivity contribution < 1.29 is 4.39 Å². The molecule has 0 aliphatic rings. The molecule has 0 amide bonds. The van der Waals surface area contributed by atoms with Crippen molar-refractivity contribution in [2.24, 2.45) is 0 Å². The van der Waals surface area contributed by atoms with Crippen LogP contribution in [0.3, 0.4) is 0 Å². The summed E-state index contributed by atoms with van der Waals surface area (Å²) in [5.74, 6) is -0.246. The molecule has 6 heteroatoms. The van der Waals surface area contributed by atoms with Crippen molar-refractivity contribution in [2.45, 2.75) is 0 Å². The van der Waals surface area contributed by atoms with Gasteiger partial charge in [-0.2, -0.15) is 0 Å². The van der Waals surface area contributed by atoms with E-state index in [0.29, 0.717) is 21.1 Å². The average molecular weight is 296 g/mol. The maximum atomic E-state index is 13.9. The first-order valence-corrected chi connectivity index (χ1v) is 6.21. The van der Waals surface area contributed by atoms with Crippen LogP contribution < -0.4 is 5.73 Å². The number of anilines is 1. The normalized spacial score (nSPS) is 11.1. The average Bonchev–Trinajstić information content (AvgIpc) is 2.67. The number of aromatic nitrogens is 2. The summed E-state index contributed by atoms with van der Waals surface area (Å²) in [6, 6.07) is 9.38. The molecule has 0 fully saturated rings. The van der Waals surface area contributed by atoms with Crippen molar-refractivity contribution >= 4 is 40.2 Å². The summed E-state index contributed by atoms with van der Waals surface area (Å²) in [4.78, 5) is 4.17. The topological polar surface area (TPSA) is 43.8 Å². The standard InChI is InChI=1S/C13H8Cl2FN3/c14-7-2-4-11-10(5-7)18-13(17)19(11)12-6-8(15)1-3-9(12)16/h1-6H,(H2,17,18). The van der Waals surface area contributed by atoms with Gasteiger partial charge >= 0.3 is 0 Å². The zero-order valence-corrected chi connectivity index (χ0v) is 11.1. The lowest BCUT2D eigenvalue weighted by atomic mass is 10.2. The number of nitrogen functional groups attached to an aromatic ring is 1. The van der Waals surface area contributed by atoms with Crippen LogP contribution in [0.1, 0.15) is 0 Å². The summed E-state index contributed by atoms with van der Waals surface area (Å²) < 4.78 is 15.4. The third-order valence-corrected chi connectivity index (χ3v) is 3.26. The lowest BCUT2D eigenvalue weighted by molar-refractivity contribution is 0.620. The van der Waals surface area contributed by atoms with E-state index in [4.69, 9.17) is 28.9 Å². The fourth-order valence-electron chi connectivity index (χ4n) is 1.98. The Bertz CT molecular complexity index is 783. The van der Waals surface area contributed by atoms with Gasteiger partial charge in [0.1, 0.15) is 5.82 Å². The smallest absolute Gasteiger partial charge is 0.206 e. The molecule has 1 aromatic heterocycles. The predicted octanol–water partition coefficient (Wildman–Crippen LogP) is 4.05. The van der Waals surface area contributed by atoms with Gasteiger partial charge in [0.15, 0.2) is 0 Å². The van der Waals surface area contributed by atoms with Gasteiger partial charge in [-0.3, -0.25) is 4.57 Å². The van der Waals surface area contributed by atoms with E-state index in [-0.39, 0.29) is 11.6 Å². The second kappa shape index (κ2) is 4.40. The van der Waals surface area contributed by atoms with Crippen LogP contribution in [0.2, 0.25) is 10.0 Å². The van der Waals surface area contributed by atoms with Gasteiger partial charge in [0.05, 0.1) is 16.7 Å². The maximum Gasteiger partial charge on any atom is 0.206 e. The van der Waals surface area contributed by atoms with E-state index < -0.39 is 5.82 Å². The Balaban J connectivity index is 2.36. The van der Waals surface area contributed by atoms with Crippen molar-refractivity contribution in [3.05, 3.63) is 52.3 Å². The zero-order valence-electron chi connectivity index (χ0n) is 9.57. The molecule has 2 N–H and O–H groups in total. The molecule has 3 rings (SSSR count). The summed E-state index contributed by atoms with van der Waals surface area (Å²) in [6.45, 7) is 0. The van der Waals surface area contributed by atoms with E-state index in [9.17, 15) is 4.39 Å². The number of rotatable bonds is 1. The number of fused-ring (bicyclic) bond motifs is 1. The third-order valence-electron chi connectivity index (χ3n) is 2.79. The minimum absolute atomic E-state index is 0.179. The fraction of sp³-hybridized carbons (Fsp3) is 0. The van der Waals surface area contributed by atoms with Crippen LogP contribution in [-0.2, 0) is 0 Å². The number of imidazole rings is 1. The van der Waals surface area contributed by atoms with Crippen LogP contribution in [0.5, 0.6) is 0 Å². The number of hydrogen-bond acceptors (Lipinski definition) is 2. The van der Waals surface area contributed by atoms with E-state index >= 15 is 0 Å². The second-order valence-corrected chi connectivity index (χ2v) is 4.91. The molecule has 0 saturated heterocycles. The molecule has 19 heavy (non-hydrogen) atoms. The predicted molar refractivity (Wildman–Crippen MR) is 75.5 cm³/mol. The molecule has 0 aliphatic heterocycles. The molecule has 96 valence electrons. The van der Waals surface area contributed by atoms with Gasteiger partial charge in [-0.1, -0.05) is 23.2 Å². The number of nitrogens with two attached hydrogens (primary N) is 1. The second-order valence-electron chi connectivity index (χ2n) is 4.03. The quantitative estimate of drug-likeness (QED) is 0.736. The molecule has 0 unspecified atom stereocenters. The largest absolute Gasteiger partial charge is 0.369 e. The molecular formula is C13H8Cl2FN3. The molecule has 0 saturated carbocycles. The van der Waals surface area contributed by atoms with E-state index in [2.05, 4.69) is 4.98 Å². The molecule has 0 spiro atoms. The van der Waals surface area contributed by atoms with Crippen LogP contribution >= 0.6 is 23.2 Å². The summed E-state index contributed by atoms with van der Waals surface area (Å²) in [5, 5.41) is 0.968. The van der Waals surface area contributed by atoms with Crippen LogP contribution in [0.4, 0.5) is 10.3 Å². The van der Waals surface area contributed by atoms with Crippen molar-refractivity contribution in [3.8, 4) is 5.69 Å². The summed E-state index contributed by atoms with van der Waals surface area (Å²) in [6.07, 6.45) is 0. The molecule has 3 aromatic rings. The maximum absolute atomic E-state index is 13.9. The highest BCUT2D eigenvalue weighted by Crippen LogP contribution is 2.28. The highest BCUT2D eigenvalue weighted by molar-refractivity contribution is 6.31. The number of nitrogens with zero attached hydrogens (tertiary/aromatic N) is 2. The number of hydrogen-bond donors (Lipinski definition) is 1. The first-order valence-electron chi connectivity index (χ1n) is 5.45. The fourth-order valence-corrected chi connectivity index (χ4v) is 2.32. The minimum atomic E-state index is -0.426. The van der Waals surface area contributed by atoms with Crippen molar-refractivity contribution in [2.75, 3.05) is 5.73 Å². The zero-order chi connectivity index (χ0) is 13.6. The molecule has 1 heterocycles. The molecule has 0 bridgehead atoms. The van der Waals surface area contributed by atoms with Gasteiger partial charge < -0.3 is 5.73 Å². The Morgan fingerprint density at radius 2 is 1.74 bits per heavy atom. The highest BCUT2D eigenvalue weighted by Gasteiger charge is 2.14. The summed E-state index contributed by atoms with van der Waals surface area (Å²) in [5.41, 5.74) is 7.38. The Labute approximate surface area is 118 Å². The Morgan fingerprint density at radius 1 is 1.05 bits per heavy atom. The SMILES string of the molecule is Nc1nc2cc(Cl)ccc2n1-c1cc(Cl)ccc1F. The number of benzene rings is 2. The van der Waals surface area contributed by atoms with Crippen molar-refractivity contribution in [1.82, 2.24) is 9.55 Å². The van der Waals surface area contributed by atoms with Crippen LogP contribution in [0, 0.1) is 5.82 Å². The molecule has 0 atom stereocenters. The lowest BCUT2D eigenvalue weighted by Crippen LogP contribution is -2.02. The number of halogens is 3. The molecule has 3 nitrogen and oxygen atoms in total. The van der Waals surface area contributed by atoms with Gasteiger partial charge in [-0.15, -0.1) is 0 Å². The minimum Gasteiger partial charge on any atom is -0.369 e. The van der Waals surface area contributed by atoms with E-state index in [1.165, 1.54) is 22.8 Å². The highest BCUT2D eigenvalue weighted by atomic mass is 35.5. The van der Waals surface area contributed by atoms with E-state index in [1.54, 1.807) is 18.2 Å². The monoisotopic (exact) mass is 295 g/mol. The molecule has 0 aliphatic carbocycles. The van der Waals surface area contributed by atoms with Crippen molar-refractivity contribution in [3.63, 3.8) is 0 Å². The molecule has 2 aromatic carbocycles. The van der Waals surface area contributed by atoms with Crippen LogP contribution in [0.15, 0.2) is 36.4 Å². The van der Waals surface area contributed by atoms with Gasteiger partial charge in [0.25, 0.3) is 0 Å². The lowest BCUT2D eigenvalue weighted by Gasteiger charge is -2.08. The van der Waals surface area contributed by atoms with Gasteiger partial charge in [-0.25, -0.2) is 9.37 Å². The first kappa shape index (κ1) is 12.3. The Kier molecular flexibility index (Phi) is 2.84. The Hall–Kier alpha value is -1.78. The van der Waals surface area contributed by atoms with Crippen LogP contribution in [-0.4, -0.2) is 9.55 Å².